The summed E-state index contributed by atoms with van der Waals surface area (Å²) >= 11 is 0. The number of aromatic amines is 1. The number of aryl methyl sites for hydroxylation is 1. The number of benzene rings is 1. The van der Waals surface area contributed by atoms with Crippen LogP contribution in [0.15, 0.2) is 18.2 Å². The van der Waals surface area contributed by atoms with Crippen LogP contribution < -0.4 is 10.1 Å². The van der Waals surface area contributed by atoms with Gasteiger partial charge in [0.15, 0.2) is 5.82 Å². The molecule has 1 aromatic carbocycles. The highest BCUT2D eigenvalue weighted by Crippen LogP contribution is 2.37. The van der Waals surface area contributed by atoms with Crippen molar-refractivity contribution in [3.63, 3.8) is 0 Å². The van der Waals surface area contributed by atoms with Gasteiger partial charge in [0.05, 0.1) is 12.8 Å². The van der Waals surface area contributed by atoms with E-state index in [1.54, 1.807) is 7.11 Å². The highest BCUT2D eigenvalue weighted by atomic mass is 16.5. The summed E-state index contributed by atoms with van der Waals surface area (Å²) < 4.78 is 5.29. The molecule has 0 amide bonds. The van der Waals surface area contributed by atoms with Crippen molar-refractivity contribution >= 4 is 5.82 Å². The van der Waals surface area contributed by atoms with Gasteiger partial charge in [0.2, 0.25) is 0 Å². The largest absolute Gasteiger partial charge is 0.497 e. The van der Waals surface area contributed by atoms with Crippen molar-refractivity contribution in [2.24, 2.45) is 0 Å². The van der Waals surface area contributed by atoms with Crippen LogP contribution in [0.1, 0.15) is 25.0 Å². The molecule has 0 atom stereocenters. The SMILES string of the molecule is COc1ccc2c(c1)CCc1c(NC(C)C)n[nH]c1-2. The molecule has 4 heteroatoms. The maximum Gasteiger partial charge on any atom is 0.151 e. The van der Waals surface area contributed by atoms with Crippen molar-refractivity contribution in [2.75, 3.05) is 12.4 Å². The van der Waals surface area contributed by atoms with Crippen LogP contribution in [0.5, 0.6) is 5.75 Å². The molecule has 0 aliphatic heterocycles. The number of nitrogens with zero attached hydrogens (tertiary/aromatic N) is 1. The minimum atomic E-state index is 0.393. The summed E-state index contributed by atoms with van der Waals surface area (Å²) in [7, 11) is 1.71. The molecule has 1 heterocycles. The van der Waals surface area contributed by atoms with Crippen LogP contribution in [0.25, 0.3) is 11.3 Å². The first-order valence-electron chi connectivity index (χ1n) is 6.70. The lowest BCUT2D eigenvalue weighted by atomic mass is 9.90. The summed E-state index contributed by atoms with van der Waals surface area (Å²) in [6.07, 6.45) is 2.05. The Morgan fingerprint density at radius 1 is 1.32 bits per heavy atom. The zero-order valence-electron chi connectivity index (χ0n) is 11.6. The van der Waals surface area contributed by atoms with Gasteiger partial charge in [-0.05, 0) is 50.5 Å². The van der Waals surface area contributed by atoms with Crippen LogP contribution in [0.3, 0.4) is 0 Å². The summed E-state index contributed by atoms with van der Waals surface area (Å²) in [6.45, 7) is 4.26. The van der Waals surface area contributed by atoms with E-state index in [0.29, 0.717) is 6.04 Å². The van der Waals surface area contributed by atoms with Crippen molar-refractivity contribution in [1.82, 2.24) is 10.2 Å². The molecular formula is C15H19N3O. The summed E-state index contributed by atoms with van der Waals surface area (Å²) in [5.41, 5.74) is 5.01. The number of nitrogens with one attached hydrogen (secondary N) is 2. The van der Waals surface area contributed by atoms with Gasteiger partial charge in [-0.1, -0.05) is 0 Å². The smallest absolute Gasteiger partial charge is 0.151 e. The summed E-state index contributed by atoms with van der Waals surface area (Å²) in [4.78, 5) is 0. The third-order valence-corrected chi connectivity index (χ3v) is 3.52. The number of aromatic nitrogens is 2. The van der Waals surface area contributed by atoms with Crippen LogP contribution in [0.2, 0.25) is 0 Å². The number of hydrogen-bond acceptors (Lipinski definition) is 3. The Hall–Kier alpha value is -1.97. The summed E-state index contributed by atoms with van der Waals surface area (Å²) in [5, 5.41) is 11.0. The lowest BCUT2D eigenvalue weighted by Gasteiger charge is -2.18. The first-order valence-corrected chi connectivity index (χ1v) is 6.70. The van der Waals surface area contributed by atoms with Crippen LogP contribution in [0.4, 0.5) is 5.82 Å². The molecule has 1 aromatic heterocycles. The Morgan fingerprint density at radius 3 is 2.89 bits per heavy atom. The Balaban J connectivity index is 2.03. The van der Waals surface area contributed by atoms with Crippen molar-refractivity contribution in [3.8, 4) is 17.0 Å². The van der Waals surface area contributed by atoms with Crippen molar-refractivity contribution in [3.05, 3.63) is 29.3 Å². The predicted octanol–water partition coefficient (Wildman–Crippen LogP) is 3.00. The first-order chi connectivity index (χ1) is 9.19. The number of hydrogen-bond donors (Lipinski definition) is 2. The lowest BCUT2D eigenvalue weighted by Crippen LogP contribution is -2.12. The maximum atomic E-state index is 5.29. The Labute approximate surface area is 113 Å². The van der Waals surface area contributed by atoms with Gasteiger partial charge < -0.3 is 10.1 Å². The van der Waals surface area contributed by atoms with Gasteiger partial charge >= 0.3 is 0 Å². The van der Waals surface area contributed by atoms with Crippen molar-refractivity contribution in [2.45, 2.75) is 32.7 Å². The van der Waals surface area contributed by atoms with Crippen LogP contribution in [-0.2, 0) is 12.8 Å². The quantitative estimate of drug-likeness (QED) is 0.888. The number of anilines is 1. The van der Waals surface area contributed by atoms with Gasteiger partial charge in [-0.15, -0.1) is 0 Å². The summed E-state index contributed by atoms with van der Waals surface area (Å²) in [6, 6.07) is 6.63. The second-order valence-electron chi connectivity index (χ2n) is 5.25. The molecule has 0 bridgehead atoms. The molecule has 2 N–H and O–H groups in total. The van der Waals surface area contributed by atoms with Gasteiger partial charge in [0, 0.05) is 17.2 Å². The highest BCUT2D eigenvalue weighted by Gasteiger charge is 2.22. The molecule has 0 spiro atoms. The number of ether oxygens (including phenoxy) is 1. The first kappa shape index (κ1) is 12.1. The molecule has 0 fully saturated rings. The average molecular weight is 257 g/mol. The van der Waals surface area contributed by atoms with E-state index < -0.39 is 0 Å². The third-order valence-electron chi connectivity index (χ3n) is 3.52. The van der Waals surface area contributed by atoms with Gasteiger partial charge in [-0.2, -0.15) is 5.10 Å². The molecule has 0 radical (unpaired) electrons. The standard InChI is InChI=1S/C15H19N3O/c1-9(2)16-15-13-6-4-10-8-11(19-3)5-7-12(10)14(13)17-18-15/h5,7-9H,4,6H2,1-3H3,(H2,16,17,18). The molecule has 100 valence electrons. The van der Waals surface area contributed by atoms with E-state index >= 15 is 0 Å². The molecule has 4 nitrogen and oxygen atoms in total. The topological polar surface area (TPSA) is 49.9 Å². The highest BCUT2D eigenvalue weighted by molar-refractivity contribution is 5.74. The molecule has 1 aliphatic carbocycles. The Kier molecular flexibility index (Phi) is 2.93. The van der Waals surface area contributed by atoms with E-state index in [0.717, 1.165) is 30.1 Å². The molecular weight excluding hydrogens is 238 g/mol. The van der Waals surface area contributed by atoms with Gasteiger partial charge in [0.1, 0.15) is 5.75 Å². The zero-order valence-corrected chi connectivity index (χ0v) is 11.6. The van der Waals surface area contributed by atoms with E-state index in [4.69, 9.17) is 4.74 Å². The van der Waals surface area contributed by atoms with Crippen LogP contribution in [-0.4, -0.2) is 23.3 Å². The number of fused-ring (bicyclic) bond motifs is 3. The van der Waals surface area contributed by atoms with E-state index in [1.165, 1.54) is 16.7 Å². The molecule has 0 unspecified atom stereocenters. The normalized spacial score (nSPS) is 13.1. The van der Waals surface area contributed by atoms with Gasteiger partial charge in [0.25, 0.3) is 0 Å². The van der Waals surface area contributed by atoms with E-state index in [2.05, 4.69) is 41.5 Å². The molecule has 2 aromatic rings. The summed E-state index contributed by atoms with van der Waals surface area (Å²) in [5.74, 6) is 1.91. The predicted molar refractivity (Wildman–Crippen MR) is 76.7 cm³/mol. The molecule has 3 rings (SSSR count). The molecule has 19 heavy (non-hydrogen) atoms. The lowest BCUT2D eigenvalue weighted by molar-refractivity contribution is 0.414. The molecule has 0 saturated carbocycles. The fourth-order valence-corrected chi connectivity index (χ4v) is 2.63. The zero-order chi connectivity index (χ0) is 13.4. The van der Waals surface area contributed by atoms with E-state index in [1.807, 2.05) is 6.07 Å². The maximum absolute atomic E-state index is 5.29. The minimum Gasteiger partial charge on any atom is -0.497 e. The van der Waals surface area contributed by atoms with Crippen molar-refractivity contribution < 1.29 is 4.74 Å². The number of methoxy groups -OCH3 is 1. The number of H-pyrrole nitrogens is 1. The van der Waals surface area contributed by atoms with E-state index in [-0.39, 0.29) is 0 Å². The fraction of sp³-hybridized carbons (Fsp3) is 0.400. The number of rotatable bonds is 3. The van der Waals surface area contributed by atoms with E-state index in [9.17, 15) is 0 Å². The van der Waals surface area contributed by atoms with Gasteiger partial charge in [-0.3, -0.25) is 5.10 Å². The Bertz CT molecular complexity index is 601. The molecule has 0 saturated heterocycles. The van der Waals surface area contributed by atoms with Crippen molar-refractivity contribution in [1.29, 1.82) is 0 Å². The monoisotopic (exact) mass is 257 g/mol. The molecule has 1 aliphatic rings. The second kappa shape index (κ2) is 4.61. The van der Waals surface area contributed by atoms with Crippen LogP contribution >= 0.6 is 0 Å². The third kappa shape index (κ3) is 2.07. The van der Waals surface area contributed by atoms with Gasteiger partial charge in [-0.25, -0.2) is 0 Å². The Morgan fingerprint density at radius 2 is 2.16 bits per heavy atom. The second-order valence-corrected chi connectivity index (χ2v) is 5.25. The fourth-order valence-electron chi connectivity index (χ4n) is 2.63. The minimum absolute atomic E-state index is 0.393. The average Bonchev–Trinajstić information content (AvgIpc) is 2.80. The van der Waals surface area contributed by atoms with Crippen LogP contribution in [0, 0.1) is 0 Å².